The van der Waals surface area contributed by atoms with Gasteiger partial charge in [0.2, 0.25) is 0 Å². The van der Waals surface area contributed by atoms with E-state index in [1.165, 1.54) is 6.07 Å². The summed E-state index contributed by atoms with van der Waals surface area (Å²) in [6.07, 6.45) is 1.67. The SMILES string of the molecule is CCN(CCN1CCC(C#N)(c2ccccc2)CC1)Cc1cc(-c2ccccc2[N+](=O)[O-])no1. The van der Waals surface area contributed by atoms with E-state index in [1.807, 2.05) is 18.2 Å². The van der Waals surface area contributed by atoms with E-state index in [-0.39, 0.29) is 5.69 Å². The number of hydrogen-bond acceptors (Lipinski definition) is 7. The van der Waals surface area contributed by atoms with Crippen molar-refractivity contribution in [3.05, 3.63) is 82.1 Å². The first kappa shape index (κ1) is 23.6. The highest BCUT2D eigenvalue weighted by Crippen LogP contribution is 2.35. The third-order valence-corrected chi connectivity index (χ3v) is 6.74. The van der Waals surface area contributed by atoms with Gasteiger partial charge in [0.05, 0.1) is 28.5 Å². The molecule has 4 rings (SSSR count). The number of nitrogens with zero attached hydrogens (tertiary/aromatic N) is 5. The molecule has 2 heterocycles. The van der Waals surface area contributed by atoms with Crippen LogP contribution in [-0.2, 0) is 12.0 Å². The Labute approximate surface area is 199 Å². The van der Waals surface area contributed by atoms with Crippen molar-refractivity contribution < 1.29 is 9.45 Å². The quantitative estimate of drug-likeness (QED) is 0.340. The van der Waals surface area contributed by atoms with Crippen LogP contribution in [0.3, 0.4) is 0 Å². The van der Waals surface area contributed by atoms with E-state index in [0.29, 0.717) is 23.6 Å². The Morgan fingerprint density at radius 2 is 1.88 bits per heavy atom. The number of para-hydroxylation sites is 1. The van der Waals surface area contributed by atoms with E-state index in [2.05, 4.69) is 40.1 Å². The van der Waals surface area contributed by atoms with Crippen LogP contribution in [0.1, 0.15) is 31.1 Å². The van der Waals surface area contributed by atoms with Gasteiger partial charge in [-0.25, -0.2) is 0 Å². The summed E-state index contributed by atoms with van der Waals surface area (Å²) in [6.45, 7) is 7.10. The van der Waals surface area contributed by atoms with Crippen LogP contribution in [0, 0.1) is 21.4 Å². The number of benzene rings is 2. The summed E-state index contributed by atoms with van der Waals surface area (Å²) < 4.78 is 5.50. The van der Waals surface area contributed by atoms with E-state index in [4.69, 9.17) is 4.52 Å². The summed E-state index contributed by atoms with van der Waals surface area (Å²) in [6, 6.07) is 21.1. The summed E-state index contributed by atoms with van der Waals surface area (Å²) in [5, 5.41) is 25.3. The van der Waals surface area contributed by atoms with E-state index < -0.39 is 10.3 Å². The van der Waals surface area contributed by atoms with Crippen molar-refractivity contribution in [1.29, 1.82) is 5.26 Å². The molecule has 0 N–H and O–H groups in total. The average molecular weight is 460 g/mol. The molecule has 0 saturated carbocycles. The molecule has 176 valence electrons. The van der Waals surface area contributed by atoms with Crippen molar-refractivity contribution in [2.45, 2.75) is 31.7 Å². The first-order valence-electron chi connectivity index (χ1n) is 11.7. The number of nitriles is 1. The van der Waals surface area contributed by atoms with Crippen LogP contribution < -0.4 is 0 Å². The fraction of sp³-hybridized carbons (Fsp3) is 0.385. The van der Waals surface area contributed by atoms with E-state index in [9.17, 15) is 15.4 Å². The van der Waals surface area contributed by atoms with Gasteiger partial charge < -0.3 is 9.42 Å². The summed E-state index contributed by atoms with van der Waals surface area (Å²) in [5.74, 6) is 0.682. The summed E-state index contributed by atoms with van der Waals surface area (Å²) in [7, 11) is 0. The topological polar surface area (TPSA) is 99.4 Å². The minimum Gasteiger partial charge on any atom is -0.359 e. The number of nitro benzene ring substituents is 1. The maximum Gasteiger partial charge on any atom is 0.278 e. The van der Waals surface area contributed by atoms with Gasteiger partial charge in [0.25, 0.3) is 5.69 Å². The van der Waals surface area contributed by atoms with Crippen molar-refractivity contribution in [3.63, 3.8) is 0 Å². The van der Waals surface area contributed by atoms with Gasteiger partial charge in [0, 0.05) is 38.3 Å². The molecule has 0 aliphatic carbocycles. The number of piperidine rings is 1. The molecule has 1 aromatic heterocycles. The van der Waals surface area contributed by atoms with Gasteiger partial charge >= 0.3 is 0 Å². The highest BCUT2D eigenvalue weighted by molar-refractivity contribution is 5.70. The molecule has 1 aliphatic rings. The lowest BCUT2D eigenvalue weighted by atomic mass is 9.74. The lowest BCUT2D eigenvalue weighted by molar-refractivity contribution is -0.384. The lowest BCUT2D eigenvalue weighted by Crippen LogP contribution is -2.44. The Balaban J connectivity index is 1.33. The van der Waals surface area contributed by atoms with Crippen LogP contribution in [0.15, 0.2) is 65.2 Å². The molecule has 0 amide bonds. The average Bonchev–Trinajstić information content (AvgIpc) is 3.36. The molecule has 0 radical (unpaired) electrons. The van der Waals surface area contributed by atoms with Crippen molar-refractivity contribution >= 4 is 5.69 Å². The minimum absolute atomic E-state index is 0.0174. The zero-order chi connectivity index (χ0) is 24.0. The molecular weight excluding hydrogens is 430 g/mol. The number of hydrogen-bond donors (Lipinski definition) is 0. The molecule has 2 aromatic carbocycles. The fourth-order valence-electron chi connectivity index (χ4n) is 4.60. The summed E-state index contributed by atoms with van der Waals surface area (Å²) in [5.41, 5.74) is 1.68. The fourth-order valence-corrected chi connectivity index (χ4v) is 4.60. The van der Waals surface area contributed by atoms with Crippen molar-refractivity contribution in [2.75, 3.05) is 32.7 Å². The largest absolute Gasteiger partial charge is 0.359 e. The molecule has 0 atom stereocenters. The van der Waals surface area contributed by atoms with Crippen LogP contribution >= 0.6 is 0 Å². The molecule has 0 spiro atoms. The third kappa shape index (κ3) is 5.16. The van der Waals surface area contributed by atoms with E-state index in [0.717, 1.165) is 51.1 Å². The maximum atomic E-state index is 11.3. The van der Waals surface area contributed by atoms with Crippen LogP contribution in [0.5, 0.6) is 0 Å². The molecule has 8 nitrogen and oxygen atoms in total. The van der Waals surface area contributed by atoms with Crippen LogP contribution in [-0.4, -0.2) is 52.6 Å². The number of nitro groups is 1. The first-order chi connectivity index (χ1) is 16.5. The second-order valence-electron chi connectivity index (χ2n) is 8.72. The zero-order valence-corrected chi connectivity index (χ0v) is 19.4. The normalized spacial score (nSPS) is 15.8. The number of rotatable bonds is 9. The van der Waals surface area contributed by atoms with Crippen molar-refractivity contribution in [1.82, 2.24) is 15.0 Å². The van der Waals surface area contributed by atoms with Crippen LogP contribution in [0.2, 0.25) is 0 Å². The Morgan fingerprint density at radius 3 is 2.56 bits per heavy atom. The molecule has 1 saturated heterocycles. The maximum absolute atomic E-state index is 11.3. The van der Waals surface area contributed by atoms with Gasteiger partial charge in [0.1, 0.15) is 5.69 Å². The van der Waals surface area contributed by atoms with E-state index in [1.54, 1.807) is 24.3 Å². The Bertz CT molecular complexity index is 1150. The first-order valence-corrected chi connectivity index (χ1v) is 11.7. The number of aromatic nitrogens is 1. The highest BCUT2D eigenvalue weighted by Gasteiger charge is 2.36. The standard InChI is InChI=1S/C26H29N5O3/c1-2-29(19-22-18-24(28-34-22)23-10-6-7-11-25(23)31(32)33)16-17-30-14-12-26(20-27,13-15-30)21-8-4-3-5-9-21/h3-11,18H,2,12-17,19H2,1H3. The molecule has 8 heteroatoms. The van der Waals surface area contributed by atoms with Gasteiger partial charge in [0.15, 0.2) is 5.76 Å². The second kappa shape index (κ2) is 10.6. The molecule has 3 aromatic rings. The third-order valence-electron chi connectivity index (χ3n) is 6.74. The highest BCUT2D eigenvalue weighted by atomic mass is 16.6. The Kier molecular flexibility index (Phi) is 7.36. The van der Waals surface area contributed by atoms with Gasteiger partial charge in [-0.2, -0.15) is 5.26 Å². The Morgan fingerprint density at radius 1 is 1.18 bits per heavy atom. The molecule has 34 heavy (non-hydrogen) atoms. The predicted octanol–water partition coefficient (Wildman–Crippen LogP) is 4.63. The van der Waals surface area contributed by atoms with Gasteiger partial charge in [-0.3, -0.25) is 15.0 Å². The summed E-state index contributed by atoms with van der Waals surface area (Å²) >= 11 is 0. The zero-order valence-electron chi connectivity index (χ0n) is 19.4. The van der Waals surface area contributed by atoms with Gasteiger partial charge in [-0.15, -0.1) is 0 Å². The summed E-state index contributed by atoms with van der Waals surface area (Å²) in [4.78, 5) is 15.6. The van der Waals surface area contributed by atoms with Crippen LogP contribution in [0.25, 0.3) is 11.3 Å². The van der Waals surface area contributed by atoms with Crippen LogP contribution in [0.4, 0.5) is 5.69 Å². The van der Waals surface area contributed by atoms with Crippen molar-refractivity contribution in [3.8, 4) is 17.3 Å². The van der Waals surface area contributed by atoms with Gasteiger partial charge in [-0.1, -0.05) is 54.5 Å². The minimum atomic E-state index is -0.403. The second-order valence-corrected chi connectivity index (χ2v) is 8.72. The molecule has 1 aliphatic heterocycles. The lowest BCUT2D eigenvalue weighted by Gasteiger charge is -2.38. The molecule has 0 unspecified atom stereocenters. The molecular formula is C26H29N5O3. The smallest absolute Gasteiger partial charge is 0.278 e. The Hall–Kier alpha value is -3.54. The molecule has 0 bridgehead atoms. The predicted molar refractivity (Wildman–Crippen MR) is 129 cm³/mol. The number of likely N-dealkylation sites (N-methyl/N-ethyl adjacent to an activating group) is 1. The van der Waals surface area contributed by atoms with Gasteiger partial charge in [-0.05, 0) is 31.0 Å². The molecule has 1 fully saturated rings. The number of likely N-dealkylation sites (tertiary alicyclic amines) is 1. The monoisotopic (exact) mass is 459 g/mol. The van der Waals surface area contributed by atoms with Crippen molar-refractivity contribution in [2.24, 2.45) is 0 Å². The van der Waals surface area contributed by atoms with E-state index >= 15 is 0 Å².